The third kappa shape index (κ3) is 3.10. The van der Waals surface area contributed by atoms with E-state index in [0.717, 1.165) is 0 Å². The highest BCUT2D eigenvalue weighted by Gasteiger charge is 1.80. The molecule has 0 spiro atoms. The first-order chi connectivity index (χ1) is 3.66. The maximum absolute atomic E-state index is 6.84. The molecule has 8 heavy (non-hydrogen) atoms. The van der Waals surface area contributed by atoms with E-state index in [1.807, 2.05) is 0 Å². The first-order valence-electron chi connectivity index (χ1n) is 2.24. The third-order valence-corrected chi connectivity index (χ3v) is 0.544. The molecule has 42 valence electrons. The van der Waals surface area contributed by atoms with Gasteiger partial charge in [0.2, 0.25) is 0 Å². The van der Waals surface area contributed by atoms with Gasteiger partial charge in [0.15, 0.2) is 0 Å². The summed E-state index contributed by atoms with van der Waals surface area (Å²) in [5.41, 5.74) is 0.553. The fourth-order valence-corrected chi connectivity index (χ4v) is 0.284. The molecule has 0 aliphatic rings. The van der Waals surface area contributed by atoms with Crippen molar-refractivity contribution in [2.24, 2.45) is 4.99 Å². The Bertz CT molecular complexity index is 160. The Morgan fingerprint density at radius 1 is 1.62 bits per heavy atom. The van der Waals surface area contributed by atoms with Crippen LogP contribution < -0.4 is 0 Å². The highest BCUT2D eigenvalue weighted by molar-refractivity contribution is 6.04. The second kappa shape index (κ2) is 2.98. The lowest BCUT2D eigenvalue weighted by atomic mass is 10.4. The number of hydrogen-bond acceptors (Lipinski definition) is 1. The van der Waals surface area contributed by atoms with E-state index < -0.39 is 0 Å². The van der Waals surface area contributed by atoms with Gasteiger partial charge in [-0.1, -0.05) is 5.92 Å². The lowest BCUT2D eigenvalue weighted by molar-refractivity contribution is 1.41. The SMILES string of the molecule is C#C/C(C)=N\C(C)=N. The van der Waals surface area contributed by atoms with Crippen molar-refractivity contribution in [1.29, 1.82) is 5.41 Å². The van der Waals surface area contributed by atoms with Gasteiger partial charge in [0.25, 0.3) is 0 Å². The van der Waals surface area contributed by atoms with Crippen molar-refractivity contribution in [3.8, 4) is 12.3 Å². The molecular formula is C6H8N2. The van der Waals surface area contributed by atoms with Gasteiger partial charge >= 0.3 is 0 Å². The molecule has 0 aromatic heterocycles. The summed E-state index contributed by atoms with van der Waals surface area (Å²) >= 11 is 0. The van der Waals surface area contributed by atoms with Crippen LogP contribution in [0.25, 0.3) is 0 Å². The van der Waals surface area contributed by atoms with Crippen LogP contribution in [0, 0.1) is 17.8 Å². The molecular weight excluding hydrogens is 100 g/mol. The number of hydrogen-bond donors (Lipinski definition) is 1. The molecule has 0 aliphatic heterocycles. The first kappa shape index (κ1) is 6.90. The lowest BCUT2D eigenvalue weighted by Gasteiger charge is -1.83. The normalized spacial score (nSPS) is 10.4. The Labute approximate surface area is 49.1 Å². The average Bonchev–Trinajstić information content (AvgIpc) is 1.65. The number of amidine groups is 1. The van der Waals surface area contributed by atoms with Crippen molar-refractivity contribution < 1.29 is 0 Å². The second-order valence-electron chi connectivity index (χ2n) is 1.43. The molecule has 0 aromatic rings. The maximum atomic E-state index is 6.84. The van der Waals surface area contributed by atoms with Gasteiger partial charge in [0.05, 0.1) is 5.71 Å². The number of aliphatic imine (C=N–C) groups is 1. The summed E-state index contributed by atoms with van der Waals surface area (Å²) in [7, 11) is 0. The van der Waals surface area contributed by atoms with Crippen molar-refractivity contribution in [3.63, 3.8) is 0 Å². The predicted octanol–water partition coefficient (Wildman–Crippen LogP) is 1.08. The van der Waals surface area contributed by atoms with Gasteiger partial charge in [-0.2, -0.15) is 0 Å². The molecule has 0 rings (SSSR count). The Kier molecular flexibility index (Phi) is 2.57. The summed E-state index contributed by atoms with van der Waals surface area (Å²) in [6.45, 7) is 3.28. The van der Waals surface area contributed by atoms with Crippen LogP contribution in [0.2, 0.25) is 0 Å². The minimum absolute atomic E-state index is 0.250. The van der Waals surface area contributed by atoms with E-state index in [-0.39, 0.29) is 5.84 Å². The van der Waals surface area contributed by atoms with E-state index in [1.165, 1.54) is 0 Å². The molecule has 0 heterocycles. The van der Waals surface area contributed by atoms with Crippen LogP contribution in [0.1, 0.15) is 13.8 Å². The van der Waals surface area contributed by atoms with Crippen LogP contribution in [0.15, 0.2) is 4.99 Å². The van der Waals surface area contributed by atoms with Gasteiger partial charge < -0.3 is 0 Å². The smallest absolute Gasteiger partial charge is 0.118 e. The topological polar surface area (TPSA) is 36.2 Å². The van der Waals surface area contributed by atoms with Crippen LogP contribution in [0.3, 0.4) is 0 Å². The molecule has 0 fully saturated rings. The van der Waals surface area contributed by atoms with Crippen LogP contribution in [-0.4, -0.2) is 11.5 Å². The monoisotopic (exact) mass is 108 g/mol. The summed E-state index contributed by atoms with van der Waals surface area (Å²) in [5, 5.41) is 6.84. The zero-order valence-corrected chi connectivity index (χ0v) is 5.02. The molecule has 2 heteroatoms. The standard InChI is InChI=1S/C6H8N2/c1-4-5(2)8-6(3)7/h1,7H,2-3H3/b7-6?,8-5-. The van der Waals surface area contributed by atoms with Crippen molar-refractivity contribution >= 4 is 11.5 Å². The Morgan fingerprint density at radius 3 is 2.25 bits per heavy atom. The minimum atomic E-state index is 0.250. The number of nitrogens with zero attached hydrogens (tertiary/aromatic N) is 1. The van der Waals surface area contributed by atoms with E-state index in [2.05, 4.69) is 10.9 Å². The number of nitrogens with one attached hydrogen (secondary N) is 1. The van der Waals surface area contributed by atoms with Crippen molar-refractivity contribution in [1.82, 2.24) is 0 Å². The Hall–Kier alpha value is -1.10. The Balaban J connectivity index is 4.01. The first-order valence-corrected chi connectivity index (χ1v) is 2.24. The molecule has 0 unspecified atom stereocenters. The zero-order valence-electron chi connectivity index (χ0n) is 5.02. The maximum Gasteiger partial charge on any atom is 0.118 e. The molecule has 0 bridgehead atoms. The molecule has 0 amide bonds. The lowest BCUT2D eigenvalue weighted by Crippen LogP contribution is -1.89. The van der Waals surface area contributed by atoms with E-state index >= 15 is 0 Å². The number of terminal acetylenes is 1. The second-order valence-corrected chi connectivity index (χ2v) is 1.43. The van der Waals surface area contributed by atoms with Crippen LogP contribution in [0.5, 0.6) is 0 Å². The average molecular weight is 108 g/mol. The van der Waals surface area contributed by atoms with Crippen molar-refractivity contribution in [2.75, 3.05) is 0 Å². The summed E-state index contributed by atoms with van der Waals surface area (Å²) in [5.74, 6) is 2.56. The molecule has 2 nitrogen and oxygen atoms in total. The highest BCUT2D eigenvalue weighted by Crippen LogP contribution is 1.75. The minimum Gasteiger partial charge on any atom is -0.287 e. The van der Waals surface area contributed by atoms with Gasteiger partial charge in [0, 0.05) is 0 Å². The van der Waals surface area contributed by atoms with Crippen LogP contribution >= 0.6 is 0 Å². The molecule has 0 saturated carbocycles. The van der Waals surface area contributed by atoms with E-state index in [4.69, 9.17) is 11.8 Å². The fraction of sp³-hybridized carbons (Fsp3) is 0.333. The molecule has 1 N–H and O–H groups in total. The zero-order chi connectivity index (χ0) is 6.57. The van der Waals surface area contributed by atoms with Gasteiger partial charge in [-0.05, 0) is 13.8 Å². The van der Waals surface area contributed by atoms with E-state index in [0.29, 0.717) is 5.71 Å². The fourth-order valence-electron chi connectivity index (χ4n) is 0.284. The third-order valence-electron chi connectivity index (χ3n) is 0.544. The molecule has 0 aliphatic carbocycles. The molecule has 0 saturated heterocycles. The van der Waals surface area contributed by atoms with Crippen LogP contribution in [-0.2, 0) is 0 Å². The molecule has 0 radical (unpaired) electrons. The van der Waals surface area contributed by atoms with E-state index in [9.17, 15) is 0 Å². The Morgan fingerprint density at radius 2 is 2.12 bits per heavy atom. The predicted molar refractivity (Wildman–Crippen MR) is 35.3 cm³/mol. The van der Waals surface area contributed by atoms with E-state index in [1.54, 1.807) is 13.8 Å². The number of rotatable bonds is 0. The van der Waals surface area contributed by atoms with Gasteiger partial charge in [-0.25, -0.2) is 4.99 Å². The highest BCUT2D eigenvalue weighted by atomic mass is 14.8. The summed E-state index contributed by atoms with van der Waals surface area (Å²) in [4.78, 5) is 3.66. The summed E-state index contributed by atoms with van der Waals surface area (Å²) in [6.07, 6.45) is 4.94. The van der Waals surface area contributed by atoms with Crippen molar-refractivity contribution in [3.05, 3.63) is 0 Å². The largest absolute Gasteiger partial charge is 0.287 e. The summed E-state index contributed by atoms with van der Waals surface area (Å²) in [6, 6.07) is 0. The van der Waals surface area contributed by atoms with Gasteiger partial charge in [-0.15, -0.1) is 6.42 Å². The molecule has 0 atom stereocenters. The van der Waals surface area contributed by atoms with Crippen LogP contribution in [0.4, 0.5) is 0 Å². The molecule has 0 aromatic carbocycles. The van der Waals surface area contributed by atoms with Gasteiger partial charge in [0.1, 0.15) is 5.84 Å². The van der Waals surface area contributed by atoms with Crippen molar-refractivity contribution in [2.45, 2.75) is 13.8 Å². The van der Waals surface area contributed by atoms with Gasteiger partial charge in [-0.3, -0.25) is 5.41 Å². The quantitative estimate of drug-likeness (QED) is 0.274. The summed E-state index contributed by atoms with van der Waals surface area (Å²) < 4.78 is 0.